The first kappa shape index (κ1) is 15.7. The molecule has 114 valence electrons. The molecule has 5 nitrogen and oxygen atoms in total. The predicted molar refractivity (Wildman–Crippen MR) is 80.2 cm³/mol. The number of carbonyl (C=O) groups excluding carboxylic acids is 1. The van der Waals surface area contributed by atoms with Crippen LogP contribution in [0.4, 0.5) is 0 Å². The molecule has 2 atom stereocenters. The lowest BCUT2D eigenvalue weighted by Gasteiger charge is -2.15. The Hall–Kier alpha value is -1.69. The second-order valence-electron chi connectivity index (χ2n) is 5.20. The maximum Gasteiger partial charge on any atom is 0.323 e. The number of carboxylic acids is 1. The van der Waals surface area contributed by atoms with Crippen LogP contribution in [0.2, 0.25) is 0 Å². The van der Waals surface area contributed by atoms with Gasteiger partial charge in [0, 0.05) is 16.8 Å². The highest BCUT2D eigenvalue weighted by Gasteiger charge is 2.29. The first-order valence-electron chi connectivity index (χ1n) is 7.02. The van der Waals surface area contributed by atoms with Crippen molar-refractivity contribution in [2.45, 2.75) is 37.0 Å². The fraction of sp³-hybridized carbons (Fsp3) is 0.467. The summed E-state index contributed by atoms with van der Waals surface area (Å²) in [6.07, 6.45) is 4.07. The summed E-state index contributed by atoms with van der Waals surface area (Å²) in [5.41, 5.74) is 0.456. The number of carboxylic acid groups (broad SMARTS) is 1. The van der Waals surface area contributed by atoms with Gasteiger partial charge in [-0.15, -0.1) is 0 Å². The molecule has 0 heterocycles. The number of benzene rings is 1. The molecule has 0 aromatic heterocycles. The standard InChI is InChI=1S/C15H19NO4S/c17-13(16-12-8-4-5-9-12)10-21(20)14(15(18)19)11-6-2-1-3-7-11/h1-3,6-7,12,14H,4-5,8-10H2,(H,16,17)(H,18,19). The highest BCUT2D eigenvalue weighted by Crippen LogP contribution is 2.21. The van der Waals surface area contributed by atoms with Crippen molar-refractivity contribution in [1.82, 2.24) is 5.32 Å². The fourth-order valence-corrected chi connectivity index (χ4v) is 3.78. The molecule has 2 rings (SSSR count). The normalized spacial score (nSPS) is 18.1. The number of hydrogen-bond acceptors (Lipinski definition) is 3. The van der Waals surface area contributed by atoms with Crippen molar-refractivity contribution < 1.29 is 18.9 Å². The van der Waals surface area contributed by atoms with E-state index in [0.29, 0.717) is 5.56 Å². The molecule has 1 aliphatic carbocycles. The van der Waals surface area contributed by atoms with E-state index in [9.17, 15) is 18.9 Å². The molecule has 2 unspecified atom stereocenters. The van der Waals surface area contributed by atoms with Crippen molar-refractivity contribution in [2.24, 2.45) is 0 Å². The molecule has 0 saturated heterocycles. The predicted octanol–water partition coefficient (Wildman–Crippen LogP) is 1.62. The van der Waals surface area contributed by atoms with E-state index in [2.05, 4.69) is 5.32 Å². The zero-order valence-corrected chi connectivity index (χ0v) is 12.5. The summed E-state index contributed by atoms with van der Waals surface area (Å²) in [4.78, 5) is 23.2. The van der Waals surface area contributed by atoms with Crippen LogP contribution in [0.1, 0.15) is 36.5 Å². The Morgan fingerprint density at radius 1 is 1.24 bits per heavy atom. The van der Waals surface area contributed by atoms with Crippen LogP contribution in [0, 0.1) is 0 Å². The van der Waals surface area contributed by atoms with Crippen LogP contribution in [-0.2, 0) is 20.4 Å². The number of amides is 1. The minimum atomic E-state index is -1.78. The van der Waals surface area contributed by atoms with E-state index in [-0.39, 0.29) is 17.7 Å². The number of rotatable bonds is 6. The third kappa shape index (κ3) is 4.39. The Morgan fingerprint density at radius 3 is 2.43 bits per heavy atom. The monoisotopic (exact) mass is 309 g/mol. The molecule has 1 saturated carbocycles. The summed E-state index contributed by atoms with van der Waals surface area (Å²) in [6.45, 7) is 0. The van der Waals surface area contributed by atoms with E-state index < -0.39 is 22.0 Å². The van der Waals surface area contributed by atoms with Crippen LogP contribution in [0.25, 0.3) is 0 Å². The van der Waals surface area contributed by atoms with Gasteiger partial charge in [-0.1, -0.05) is 43.2 Å². The van der Waals surface area contributed by atoms with Crippen molar-refractivity contribution in [2.75, 3.05) is 5.75 Å². The Bertz CT molecular complexity index is 526. The summed E-state index contributed by atoms with van der Waals surface area (Å²) in [6, 6.07) is 8.53. The summed E-state index contributed by atoms with van der Waals surface area (Å²) in [5, 5.41) is 10.9. The molecule has 1 fully saturated rings. The van der Waals surface area contributed by atoms with Crippen LogP contribution in [0.5, 0.6) is 0 Å². The van der Waals surface area contributed by atoms with Gasteiger partial charge in [0.2, 0.25) is 5.91 Å². The highest BCUT2D eigenvalue weighted by molar-refractivity contribution is 7.86. The van der Waals surface area contributed by atoms with Gasteiger partial charge in [0.05, 0.1) is 0 Å². The number of aliphatic carboxylic acids is 1. The maximum atomic E-state index is 12.2. The lowest BCUT2D eigenvalue weighted by molar-refractivity contribution is -0.136. The van der Waals surface area contributed by atoms with E-state index >= 15 is 0 Å². The van der Waals surface area contributed by atoms with Crippen LogP contribution >= 0.6 is 0 Å². The minimum Gasteiger partial charge on any atom is -0.480 e. The second kappa shape index (κ2) is 7.36. The molecule has 0 radical (unpaired) electrons. The minimum absolute atomic E-state index is 0.148. The molecule has 21 heavy (non-hydrogen) atoms. The first-order valence-corrected chi connectivity index (χ1v) is 8.40. The lowest BCUT2D eigenvalue weighted by Crippen LogP contribution is -2.37. The third-order valence-corrected chi connectivity index (χ3v) is 5.13. The number of carbonyl (C=O) groups is 2. The van der Waals surface area contributed by atoms with Crippen LogP contribution in [0.15, 0.2) is 30.3 Å². The van der Waals surface area contributed by atoms with E-state index in [4.69, 9.17) is 0 Å². The topological polar surface area (TPSA) is 83.5 Å². The van der Waals surface area contributed by atoms with Crippen LogP contribution in [0.3, 0.4) is 0 Å². The van der Waals surface area contributed by atoms with Gasteiger partial charge in [0.1, 0.15) is 5.75 Å². The van der Waals surface area contributed by atoms with E-state index in [1.807, 2.05) is 0 Å². The van der Waals surface area contributed by atoms with E-state index in [1.165, 1.54) is 0 Å². The Balaban J connectivity index is 1.99. The molecule has 0 spiro atoms. The smallest absolute Gasteiger partial charge is 0.323 e. The zero-order valence-electron chi connectivity index (χ0n) is 11.7. The number of nitrogens with one attached hydrogen (secondary N) is 1. The Labute approximate surface area is 126 Å². The molecule has 2 N–H and O–H groups in total. The lowest BCUT2D eigenvalue weighted by atomic mass is 10.1. The van der Waals surface area contributed by atoms with Gasteiger partial charge >= 0.3 is 5.97 Å². The largest absolute Gasteiger partial charge is 0.480 e. The van der Waals surface area contributed by atoms with Gasteiger partial charge in [-0.05, 0) is 18.4 Å². The molecule has 1 aromatic rings. The van der Waals surface area contributed by atoms with Gasteiger partial charge in [-0.2, -0.15) is 0 Å². The van der Waals surface area contributed by atoms with Gasteiger partial charge in [0.25, 0.3) is 0 Å². The molecule has 0 aliphatic heterocycles. The summed E-state index contributed by atoms with van der Waals surface area (Å²) in [7, 11) is -1.78. The van der Waals surface area contributed by atoms with Gasteiger partial charge < -0.3 is 10.4 Å². The van der Waals surface area contributed by atoms with Crippen molar-refractivity contribution >= 4 is 22.7 Å². The van der Waals surface area contributed by atoms with Crippen molar-refractivity contribution in [3.8, 4) is 0 Å². The average Bonchev–Trinajstić information content (AvgIpc) is 2.92. The summed E-state index contributed by atoms with van der Waals surface area (Å²) < 4.78 is 12.2. The van der Waals surface area contributed by atoms with Gasteiger partial charge in [-0.25, -0.2) is 0 Å². The van der Waals surface area contributed by atoms with Crippen molar-refractivity contribution in [3.63, 3.8) is 0 Å². The first-order chi connectivity index (χ1) is 10.1. The third-order valence-electron chi connectivity index (χ3n) is 3.58. The number of hydrogen-bond donors (Lipinski definition) is 2. The van der Waals surface area contributed by atoms with E-state index in [0.717, 1.165) is 25.7 Å². The highest BCUT2D eigenvalue weighted by atomic mass is 32.2. The van der Waals surface area contributed by atoms with Gasteiger partial charge in [0.15, 0.2) is 5.25 Å². The molecule has 1 aromatic carbocycles. The molecule has 1 aliphatic rings. The molecule has 0 bridgehead atoms. The van der Waals surface area contributed by atoms with Crippen LogP contribution in [-0.4, -0.2) is 33.0 Å². The SMILES string of the molecule is O=C(CS(=O)C(C(=O)O)c1ccccc1)NC1CCCC1. The van der Waals surface area contributed by atoms with Gasteiger partial charge in [-0.3, -0.25) is 13.8 Å². The molecule has 6 heteroatoms. The molecule has 1 amide bonds. The fourth-order valence-electron chi connectivity index (χ4n) is 2.59. The molecular weight excluding hydrogens is 290 g/mol. The van der Waals surface area contributed by atoms with Crippen molar-refractivity contribution in [1.29, 1.82) is 0 Å². The maximum absolute atomic E-state index is 12.2. The van der Waals surface area contributed by atoms with E-state index in [1.54, 1.807) is 30.3 Å². The summed E-state index contributed by atoms with van der Waals surface area (Å²) in [5.74, 6) is -1.78. The Kier molecular flexibility index (Phi) is 5.50. The second-order valence-corrected chi connectivity index (χ2v) is 6.72. The zero-order chi connectivity index (χ0) is 15.2. The quantitative estimate of drug-likeness (QED) is 0.836. The van der Waals surface area contributed by atoms with Crippen LogP contribution < -0.4 is 5.32 Å². The molecular formula is C15H19NO4S. The van der Waals surface area contributed by atoms with Crippen molar-refractivity contribution in [3.05, 3.63) is 35.9 Å². The average molecular weight is 309 g/mol. The Morgan fingerprint density at radius 2 is 1.86 bits per heavy atom. The summed E-state index contributed by atoms with van der Waals surface area (Å²) >= 11 is 0.